The van der Waals surface area contributed by atoms with Crippen molar-refractivity contribution >= 4 is 15.9 Å². The first-order valence-electron chi connectivity index (χ1n) is 6.53. The van der Waals surface area contributed by atoms with Crippen LogP contribution in [0.3, 0.4) is 0 Å². The lowest BCUT2D eigenvalue weighted by Gasteiger charge is -2.33. The number of halogens is 2. The third-order valence-electron chi connectivity index (χ3n) is 3.93. The van der Waals surface area contributed by atoms with Gasteiger partial charge in [0.2, 0.25) is 0 Å². The van der Waals surface area contributed by atoms with E-state index in [0.29, 0.717) is 10.4 Å². The van der Waals surface area contributed by atoms with Crippen LogP contribution in [0.5, 0.6) is 0 Å². The van der Waals surface area contributed by atoms with E-state index in [4.69, 9.17) is 5.84 Å². The van der Waals surface area contributed by atoms with Gasteiger partial charge in [0.05, 0.1) is 4.47 Å². The molecule has 0 amide bonds. The molecule has 100 valence electrons. The molecule has 3 unspecified atom stereocenters. The second kappa shape index (κ2) is 6.13. The van der Waals surface area contributed by atoms with E-state index in [0.717, 1.165) is 24.3 Å². The zero-order valence-electron chi connectivity index (χ0n) is 10.6. The minimum absolute atomic E-state index is 0.0512. The Bertz CT molecular complexity index is 411. The lowest BCUT2D eigenvalue weighted by atomic mass is 9.77. The quantitative estimate of drug-likeness (QED) is 0.655. The molecule has 3 N–H and O–H groups in total. The van der Waals surface area contributed by atoms with Crippen molar-refractivity contribution in [3.63, 3.8) is 0 Å². The lowest BCUT2D eigenvalue weighted by Crippen LogP contribution is -2.35. The molecule has 0 spiro atoms. The smallest absolute Gasteiger partial charge is 0.137 e. The van der Waals surface area contributed by atoms with Gasteiger partial charge >= 0.3 is 0 Å². The third kappa shape index (κ3) is 3.11. The van der Waals surface area contributed by atoms with E-state index < -0.39 is 0 Å². The summed E-state index contributed by atoms with van der Waals surface area (Å²) in [5, 5.41) is 0. The molecular formula is C14H20BrFN2. The summed E-state index contributed by atoms with van der Waals surface area (Å²) < 4.78 is 14.1. The van der Waals surface area contributed by atoms with E-state index >= 15 is 0 Å². The van der Waals surface area contributed by atoms with Crippen LogP contribution in [0, 0.1) is 17.7 Å². The second-order valence-corrected chi connectivity index (χ2v) is 6.20. The Morgan fingerprint density at radius 3 is 2.83 bits per heavy atom. The molecule has 0 radical (unpaired) electrons. The molecule has 0 aromatic heterocycles. The molecule has 0 bridgehead atoms. The van der Waals surface area contributed by atoms with E-state index in [-0.39, 0.29) is 11.9 Å². The van der Waals surface area contributed by atoms with Crippen LogP contribution in [-0.2, 0) is 0 Å². The molecule has 1 aliphatic rings. The van der Waals surface area contributed by atoms with Gasteiger partial charge in [-0.2, -0.15) is 0 Å². The number of nitrogens with one attached hydrogen (secondary N) is 1. The van der Waals surface area contributed by atoms with Gasteiger partial charge in [0, 0.05) is 6.04 Å². The number of rotatable bonds is 3. The summed E-state index contributed by atoms with van der Waals surface area (Å²) in [6.45, 7) is 2.28. The highest BCUT2D eigenvalue weighted by Gasteiger charge is 2.27. The Labute approximate surface area is 116 Å². The van der Waals surface area contributed by atoms with Crippen molar-refractivity contribution in [2.75, 3.05) is 0 Å². The fourth-order valence-corrected chi connectivity index (χ4v) is 3.24. The average Bonchev–Trinajstić information content (AvgIpc) is 2.35. The fourth-order valence-electron chi connectivity index (χ4n) is 2.99. The molecule has 0 saturated heterocycles. The van der Waals surface area contributed by atoms with Crippen molar-refractivity contribution < 1.29 is 4.39 Å². The van der Waals surface area contributed by atoms with Crippen molar-refractivity contribution in [2.24, 2.45) is 17.7 Å². The maximum absolute atomic E-state index is 13.6. The summed E-state index contributed by atoms with van der Waals surface area (Å²) in [6, 6.07) is 5.32. The zero-order chi connectivity index (χ0) is 13.1. The van der Waals surface area contributed by atoms with Crippen LogP contribution in [0.15, 0.2) is 22.7 Å². The Hall–Kier alpha value is -0.450. The first-order chi connectivity index (χ1) is 8.61. The summed E-state index contributed by atoms with van der Waals surface area (Å²) >= 11 is 3.18. The Morgan fingerprint density at radius 1 is 1.44 bits per heavy atom. The molecule has 18 heavy (non-hydrogen) atoms. The molecule has 2 rings (SSSR count). The highest BCUT2D eigenvalue weighted by atomic mass is 79.9. The predicted molar refractivity (Wildman–Crippen MR) is 75.3 cm³/mol. The van der Waals surface area contributed by atoms with E-state index in [1.165, 1.54) is 12.8 Å². The van der Waals surface area contributed by atoms with Crippen molar-refractivity contribution in [2.45, 2.75) is 38.6 Å². The van der Waals surface area contributed by atoms with E-state index in [1.54, 1.807) is 12.1 Å². The Kier molecular flexibility index (Phi) is 4.76. The van der Waals surface area contributed by atoms with Gasteiger partial charge in [-0.3, -0.25) is 11.3 Å². The van der Waals surface area contributed by atoms with Crippen molar-refractivity contribution in [3.8, 4) is 0 Å². The van der Waals surface area contributed by atoms with Crippen LogP contribution in [0.1, 0.15) is 44.2 Å². The second-order valence-electron chi connectivity index (χ2n) is 5.35. The van der Waals surface area contributed by atoms with Crippen LogP contribution in [0.4, 0.5) is 4.39 Å². The maximum atomic E-state index is 13.6. The SMILES string of the molecule is CC1CCCC(C(NN)c2ccc(Br)c(F)c2)C1. The number of hydrazine groups is 1. The molecular weight excluding hydrogens is 295 g/mol. The van der Waals surface area contributed by atoms with Gasteiger partial charge in [0.1, 0.15) is 5.82 Å². The molecule has 1 aliphatic carbocycles. The number of hydrogen-bond acceptors (Lipinski definition) is 2. The molecule has 2 nitrogen and oxygen atoms in total. The monoisotopic (exact) mass is 314 g/mol. The third-order valence-corrected chi connectivity index (χ3v) is 4.57. The van der Waals surface area contributed by atoms with Crippen LogP contribution in [0.2, 0.25) is 0 Å². The minimum Gasteiger partial charge on any atom is -0.271 e. The molecule has 0 heterocycles. The zero-order valence-corrected chi connectivity index (χ0v) is 12.2. The van der Waals surface area contributed by atoms with E-state index in [1.807, 2.05) is 6.07 Å². The fraction of sp³-hybridized carbons (Fsp3) is 0.571. The highest BCUT2D eigenvalue weighted by Crippen LogP contribution is 2.37. The van der Waals surface area contributed by atoms with Crippen LogP contribution < -0.4 is 11.3 Å². The molecule has 1 saturated carbocycles. The Balaban J connectivity index is 2.18. The number of nitrogens with two attached hydrogens (primary N) is 1. The number of benzene rings is 1. The summed E-state index contributed by atoms with van der Waals surface area (Å²) in [5.41, 5.74) is 3.82. The lowest BCUT2D eigenvalue weighted by molar-refractivity contribution is 0.224. The number of hydrogen-bond donors (Lipinski definition) is 2. The van der Waals surface area contributed by atoms with Gasteiger partial charge < -0.3 is 0 Å². The van der Waals surface area contributed by atoms with Gasteiger partial charge in [-0.15, -0.1) is 0 Å². The topological polar surface area (TPSA) is 38.0 Å². The van der Waals surface area contributed by atoms with Crippen LogP contribution in [-0.4, -0.2) is 0 Å². The Morgan fingerprint density at radius 2 is 2.22 bits per heavy atom. The first kappa shape index (κ1) is 14.0. The summed E-state index contributed by atoms with van der Waals surface area (Å²) in [4.78, 5) is 0. The summed E-state index contributed by atoms with van der Waals surface area (Å²) in [7, 11) is 0. The molecule has 3 atom stereocenters. The molecule has 4 heteroatoms. The minimum atomic E-state index is -0.225. The molecule has 1 aromatic rings. The summed E-state index contributed by atoms with van der Waals surface area (Å²) in [6.07, 6.45) is 4.86. The van der Waals surface area contributed by atoms with Gasteiger partial charge in [-0.05, 0) is 58.3 Å². The first-order valence-corrected chi connectivity index (χ1v) is 7.32. The van der Waals surface area contributed by atoms with E-state index in [2.05, 4.69) is 28.3 Å². The summed E-state index contributed by atoms with van der Waals surface area (Å²) in [5.74, 6) is 6.70. The molecule has 0 aliphatic heterocycles. The average molecular weight is 315 g/mol. The van der Waals surface area contributed by atoms with Crippen molar-refractivity contribution in [1.82, 2.24) is 5.43 Å². The van der Waals surface area contributed by atoms with Crippen molar-refractivity contribution in [1.29, 1.82) is 0 Å². The van der Waals surface area contributed by atoms with Gasteiger partial charge in [0.25, 0.3) is 0 Å². The maximum Gasteiger partial charge on any atom is 0.137 e. The predicted octanol–water partition coefficient (Wildman–Crippen LogP) is 3.92. The van der Waals surface area contributed by atoms with Gasteiger partial charge in [-0.25, -0.2) is 4.39 Å². The molecule has 1 aromatic carbocycles. The normalized spacial score (nSPS) is 26.0. The van der Waals surface area contributed by atoms with Crippen LogP contribution >= 0.6 is 15.9 Å². The van der Waals surface area contributed by atoms with Gasteiger partial charge in [-0.1, -0.05) is 25.8 Å². The molecule has 1 fully saturated rings. The largest absolute Gasteiger partial charge is 0.271 e. The van der Waals surface area contributed by atoms with Crippen molar-refractivity contribution in [3.05, 3.63) is 34.1 Å². The van der Waals surface area contributed by atoms with Crippen LogP contribution in [0.25, 0.3) is 0 Å². The highest BCUT2D eigenvalue weighted by molar-refractivity contribution is 9.10. The van der Waals surface area contributed by atoms with Gasteiger partial charge in [0.15, 0.2) is 0 Å². The van der Waals surface area contributed by atoms with E-state index in [9.17, 15) is 4.39 Å². The standard InChI is InChI=1S/C14H20BrFN2/c1-9-3-2-4-10(7-9)14(18-17)11-5-6-12(15)13(16)8-11/h5-6,8-10,14,18H,2-4,7,17H2,1H3.